The van der Waals surface area contributed by atoms with Gasteiger partial charge in [0, 0.05) is 19.1 Å². The summed E-state index contributed by atoms with van der Waals surface area (Å²) < 4.78 is 13.7. The van der Waals surface area contributed by atoms with Gasteiger partial charge in [-0.1, -0.05) is 36.3 Å². The van der Waals surface area contributed by atoms with Crippen molar-refractivity contribution in [2.24, 2.45) is 0 Å². The van der Waals surface area contributed by atoms with Gasteiger partial charge in [-0.25, -0.2) is 4.68 Å². The molecule has 6 nitrogen and oxygen atoms in total. The summed E-state index contributed by atoms with van der Waals surface area (Å²) >= 11 is 0. The molecule has 1 aliphatic carbocycles. The minimum atomic E-state index is -0.607. The molecule has 0 spiro atoms. The van der Waals surface area contributed by atoms with Crippen molar-refractivity contribution in [2.75, 3.05) is 19.8 Å². The van der Waals surface area contributed by atoms with Gasteiger partial charge in [-0.3, -0.25) is 4.90 Å². The van der Waals surface area contributed by atoms with Gasteiger partial charge in [0.2, 0.25) is 5.88 Å². The maximum Gasteiger partial charge on any atom is 0.227 e. The molecule has 1 atom stereocenters. The molecule has 0 radical (unpaired) electrons. The average Bonchev–Trinajstić information content (AvgIpc) is 3.61. The van der Waals surface area contributed by atoms with Gasteiger partial charge in [0.05, 0.1) is 29.7 Å². The number of aliphatic hydroxyl groups excluding tert-OH is 1. The van der Waals surface area contributed by atoms with E-state index in [1.54, 1.807) is 0 Å². The fourth-order valence-electron chi connectivity index (χ4n) is 3.92. The lowest BCUT2D eigenvalue weighted by Crippen LogP contribution is -2.36. The highest BCUT2D eigenvalue weighted by Gasteiger charge is 2.32. The van der Waals surface area contributed by atoms with Gasteiger partial charge < -0.3 is 14.6 Å². The lowest BCUT2D eigenvalue weighted by Gasteiger charge is -2.25. The smallest absolute Gasteiger partial charge is 0.227 e. The zero-order valence-corrected chi connectivity index (χ0v) is 19.3. The second kappa shape index (κ2) is 10.7. The van der Waals surface area contributed by atoms with E-state index in [0.29, 0.717) is 25.0 Å². The third kappa shape index (κ3) is 6.02. The van der Waals surface area contributed by atoms with Crippen molar-refractivity contribution < 1.29 is 14.6 Å². The molecule has 1 aromatic heterocycles. The first-order valence-corrected chi connectivity index (χ1v) is 11.4. The number of hydrogen-bond donors (Lipinski definition) is 1. The summed E-state index contributed by atoms with van der Waals surface area (Å²) in [5, 5.41) is 15.3. The van der Waals surface area contributed by atoms with Crippen LogP contribution in [0.3, 0.4) is 0 Å². The molecule has 6 heteroatoms. The highest BCUT2D eigenvalue weighted by molar-refractivity contribution is 5.43. The predicted octanol–water partition coefficient (Wildman–Crippen LogP) is 4.26. The van der Waals surface area contributed by atoms with Gasteiger partial charge in [0.15, 0.2) is 0 Å². The molecule has 172 valence electrons. The number of aliphatic hydroxyl groups is 1. The van der Waals surface area contributed by atoms with Crippen molar-refractivity contribution >= 4 is 0 Å². The van der Waals surface area contributed by atoms with Gasteiger partial charge in [-0.05, 0) is 56.5 Å². The molecule has 3 aromatic rings. The summed E-state index contributed by atoms with van der Waals surface area (Å²) in [5.41, 5.74) is 4.00. The van der Waals surface area contributed by atoms with Crippen LogP contribution in [0.25, 0.3) is 5.69 Å². The van der Waals surface area contributed by atoms with Crippen LogP contribution >= 0.6 is 0 Å². The van der Waals surface area contributed by atoms with E-state index in [-0.39, 0.29) is 13.2 Å². The maximum atomic E-state index is 10.5. The van der Waals surface area contributed by atoms with Crippen molar-refractivity contribution in [1.82, 2.24) is 14.7 Å². The van der Waals surface area contributed by atoms with E-state index in [2.05, 4.69) is 10.8 Å². The largest absolute Gasteiger partial charge is 0.439 e. The van der Waals surface area contributed by atoms with Crippen LogP contribution in [0, 0.1) is 26.2 Å². The zero-order chi connectivity index (χ0) is 23.2. The number of benzene rings is 2. The molecule has 1 N–H and O–H groups in total. The molecule has 1 fully saturated rings. The van der Waals surface area contributed by atoms with Crippen LogP contribution < -0.4 is 4.74 Å². The van der Waals surface area contributed by atoms with E-state index in [1.165, 1.54) is 0 Å². The quantitative estimate of drug-likeness (QED) is 0.353. The lowest BCUT2D eigenvalue weighted by molar-refractivity contribution is 0.0241. The Kier molecular flexibility index (Phi) is 7.46. The Morgan fingerprint density at radius 1 is 1.18 bits per heavy atom. The zero-order valence-electron chi connectivity index (χ0n) is 19.3. The summed E-state index contributed by atoms with van der Waals surface area (Å²) in [6, 6.07) is 18.5. The number of ether oxygens (including phenoxy) is 2. The third-order valence-corrected chi connectivity index (χ3v) is 5.71. The van der Waals surface area contributed by atoms with Gasteiger partial charge in [-0.2, -0.15) is 5.10 Å². The summed E-state index contributed by atoms with van der Waals surface area (Å²) in [4.78, 5) is 2.30. The lowest BCUT2D eigenvalue weighted by atomic mass is 10.2. The molecule has 1 heterocycles. The molecule has 0 saturated heterocycles. The normalized spacial score (nSPS) is 14.3. The van der Waals surface area contributed by atoms with Crippen LogP contribution in [-0.2, 0) is 11.3 Å². The van der Waals surface area contributed by atoms with Crippen LogP contribution in [0.2, 0.25) is 0 Å². The number of hydrogen-bond acceptors (Lipinski definition) is 5. The Morgan fingerprint density at radius 2 is 1.97 bits per heavy atom. The summed E-state index contributed by atoms with van der Waals surface area (Å²) in [6.45, 7) is 5.63. The molecule has 1 saturated carbocycles. The standard InChI is InChI=1S/C27H31N3O3/c1-4-15-32-19-24(31)17-29(22-13-14-22)18-26-21(3)28-30(23-10-6-5-7-11-23)27(26)33-25-12-8-9-20(2)16-25/h1,5-12,16,22,24,31H,13-15,17-19H2,2-3H3. The Balaban J connectivity index is 1.63. The van der Waals surface area contributed by atoms with E-state index in [9.17, 15) is 5.11 Å². The Morgan fingerprint density at radius 3 is 2.67 bits per heavy atom. The fourth-order valence-corrected chi connectivity index (χ4v) is 3.92. The number of aromatic nitrogens is 2. The third-order valence-electron chi connectivity index (χ3n) is 5.71. The fraction of sp³-hybridized carbons (Fsp3) is 0.370. The Bertz CT molecular complexity index is 1100. The Hall–Kier alpha value is -3.11. The summed E-state index contributed by atoms with van der Waals surface area (Å²) in [6.07, 6.45) is 6.88. The van der Waals surface area contributed by atoms with E-state index >= 15 is 0 Å². The van der Waals surface area contributed by atoms with Crippen molar-refractivity contribution in [3.8, 4) is 29.7 Å². The highest BCUT2D eigenvalue weighted by Crippen LogP contribution is 2.35. The van der Waals surface area contributed by atoms with Crippen LogP contribution in [-0.4, -0.2) is 51.7 Å². The second-order valence-corrected chi connectivity index (χ2v) is 8.57. The van der Waals surface area contributed by atoms with E-state index in [1.807, 2.05) is 73.1 Å². The van der Waals surface area contributed by atoms with E-state index < -0.39 is 6.10 Å². The molecule has 2 aromatic carbocycles. The Labute approximate surface area is 195 Å². The topological polar surface area (TPSA) is 59.8 Å². The second-order valence-electron chi connectivity index (χ2n) is 8.57. The van der Waals surface area contributed by atoms with Gasteiger partial charge in [0.25, 0.3) is 0 Å². The molecular weight excluding hydrogens is 414 g/mol. The van der Waals surface area contributed by atoms with E-state index in [0.717, 1.165) is 41.1 Å². The van der Waals surface area contributed by atoms with Crippen LogP contribution in [0.1, 0.15) is 29.7 Å². The van der Waals surface area contributed by atoms with Gasteiger partial charge in [0.1, 0.15) is 12.4 Å². The number of rotatable bonds is 11. The predicted molar refractivity (Wildman–Crippen MR) is 129 cm³/mol. The molecule has 0 bridgehead atoms. The van der Waals surface area contributed by atoms with Crippen LogP contribution in [0.4, 0.5) is 0 Å². The number of terminal acetylenes is 1. The first kappa shape index (κ1) is 23.1. The van der Waals surface area contributed by atoms with Gasteiger partial charge in [-0.15, -0.1) is 6.42 Å². The van der Waals surface area contributed by atoms with Crippen molar-refractivity contribution in [3.05, 3.63) is 71.4 Å². The molecule has 1 unspecified atom stereocenters. The minimum absolute atomic E-state index is 0.206. The summed E-state index contributed by atoms with van der Waals surface area (Å²) in [7, 11) is 0. The van der Waals surface area contributed by atoms with E-state index in [4.69, 9.17) is 21.0 Å². The number of nitrogens with zero attached hydrogens (tertiary/aromatic N) is 3. The molecule has 33 heavy (non-hydrogen) atoms. The summed E-state index contributed by atoms with van der Waals surface area (Å²) in [5.74, 6) is 3.91. The first-order chi connectivity index (χ1) is 16.0. The SMILES string of the molecule is C#CCOCC(O)CN(Cc1c(C)nn(-c2ccccc2)c1Oc1cccc(C)c1)C1CC1. The maximum absolute atomic E-state index is 10.5. The number of aryl methyl sites for hydroxylation is 2. The monoisotopic (exact) mass is 445 g/mol. The molecular formula is C27H31N3O3. The van der Waals surface area contributed by atoms with Gasteiger partial charge >= 0.3 is 0 Å². The van der Waals surface area contributed by atoms with Crippen molar-refractivity contribution in [3.63, 3.8) is 0 Å². The first-order valence-electron chi connectivity index (χ1n) is 11.4. The van der Waals surface area contributed by atoms with Crippen LogP contribution in [0.15, 0.2) is 54.6 Å². The highest BCUT2D eigenvalue weighted by atomic mass is 16.5. The molecule has 1 aliphatic rings. The minimum Gasteiger partial charge on any atom is -0.439 e. The molecule has 0 amide bonds. The molecule has 4 rings (SSSR count). The van der Waals surface area contributed by atoms with Crippen molar-refractivity contribution in [1.29, 1.82) is 0 Å². The van der Waals surface area contributed by atoms with Crippen LogP contribution in [0.5, 0.6) is 11.6 Å². The molecule has 0 aliphatic heterocycles. The number of para-hydroxylation sites is 1. The average molecular weight is 446 g/mol. The van der Waals surface area contributed by atoms with Crippen molar-refractivity contribution in [2.45, 2.75) is 45.4 Å².